The van der Waals surface area contributed by atoms with Gasteiger partial charge >= 0.3 is 0 Å². The zero-order valence-corrected chi connectivity index (χ0v) is 12.2. The first-order valence-corrected chi connectivity index (χ1v) is 6.81. The molecule has 1 rings (SSSR count). The zero-order chi connectivity index (χ0) is 13.4. The van der Waals surface area contributed by atoms with Crippen molar-refractivity contribution >= 4 is 11.6 Å². The lowest BCUT2D eigenvalue weighted by Gasteiger charge is -2.15. The van der Waals surface area contributed by atoms with Crippen LogP contribution in [0.25, 0.3) is 0 Å². The van der Waals surface area contributed by atoms with Gasteiger partial charge in [-0.2, -0.15) is 0 Å². The molecule has 0 aliphatic rings. The lowest BCUT2D eigenvalue weighted by atomic mass is 10.2. The Labute approximate surface area is 115 Å². The standard InChI is InChI=1S/C14H23ClN2O/c1-11(2)18-14-6-5-13(15)9-12(14)10-17-8-4-7-16-3/h5-6,9,11,16-17H,4,7-8,10H2,1-3H3. The van der Waals surface area contributed by atoms with E-state index in [9.17, 15) is 0 Å². The summed E-state index contributed by atoms with van der Waals surface area (Å²) in [6, 6.07) is 5.76. The predicted octanol–water partition coefficient (Wildman–Crippen LogP) is 2.83. The molecule has 0 saturated carbocycles. The molecule has 102 valence electrons. The van der Waals surface area contributed by atoms with Crippen LogP contribution in [0.2, 0.25) is 5.02 Å². The van der Waals surface area contributed by atoms with Gasteiger partial charge < -0.3 is 15.4 Å². The molecule has 0 saturated heterocycles. The van der Waals surface area contributed by atoms with Crippen LogP contribution in [0.3, 0.4) is 0 Å². The minimum Gasteiger partial charge on any atom is -0.491 e. The summed E-state index contributed by atoms with van der Waals surface area (Å²) in [5.41, 5.74) is 1.11. The van der Waals surface area contributed by atoms with Gasteiger partial charge in [0.25, 0.3) is 0 Å². The van der Waals surface area contributed by atoms with Crippen molar-refractivity contribution in [1.82, 2.24) is 10.6 Å². The van der Waals surface area contributed by atoms with Crippen molar-refractivity contribution in [1.29, 1.82) is 0 Å². The van der Waals surface area contributed by atoms with E-state index in [1.807, 2.05) is 39.1 Å². The monoisotopic (exact) mass is 270 g/mol. The fraction of sp³-hybridized carbons (Fsp3) is 0.571. The van der Waals surface area contributed by atoms with E-state index in [-0.39, 0.29) is 6.10 Å². The van der Waals surface area contributed by atoms with Crippen molar-refractivity contribution in [3.63, 3.8) is 0 Å². The highest BCUT2D eigenvalue weighted by molar-refractivity contribution is 6.30. The maximum atomic E-state index is 6.02. The highest BCUT2D eigenvalue weighted by Gasteiger charge is 2.06. The first-order valence-electron chi connectivity index (χ1n) is 6.44. The quantitative estimate of drug-likeness (QED) is 0.713. The van der Waals surface area contributed by atoms with E-state index in [0.717, 1.165) is 42.4 Å². The number of nitrogens with one attached hydrogen (secondary N) is 2. The third kappa shape index (κ3) is 5.71. The molecule has 0 atom stereocenters. The molecule has 1 aromatic carbocycles. The van der Waals surface area contributed by atoms with Gasteiger partial charge in [-0.3, -0.25) is 0 Å². The van der Waals surface area contributed by atoms with Crippen LogP contribution in [0.5, 0.6) is 5.75 Å². The topological polar surface area (TPSA) is 33.3 Å². The minimum absolute atomic E-state index is 0.175. The highest BCUT2D eigenvalue weighted by Crippen LogP contribution is 2.23. The Balaban J connectivity index is 2.53. The van der Waals surface area contributed by atoms with Crippen LogP contribution in [0.4, 0.5) is 0 Å². The summed E-state index contributed by atoms with van der Waals surface area (Å²) < 4.78 is 5.77. The summed E-state index contributed by atoms with van der Waals surface area (Å²) >= 11 is 6.02. The summed E-state index contributed by atoms with van der Waals surface area (Å²) in [6.07, 6.45) is 1.28. The molecule has 18 heavy (non-hydrogen) atoms. The van der Waals surface area contributed by atoms with Crippen molar-refractivity contribution in [3.8, 4) is 5.75 Å². The van der Waals surface area contributed by atoms with Gasteiger partial charge in [-0.15, -0.1) is 0 Å². The maximum Gasteiger partial charge on any atom is 0.124 e. The van der Waals surface area contributed by atoms with Crippen molar-refractivity contribution in [2.75, 3.05) is 20.1 Å². The highest BCUT2D eigenvalue weighted by atomic mass is 35.5. The van der Waals surface area contributed by atoms with E-state index in [1.165, 1.54) is 0 Å². The number of ether oxygens (including phenoxy) is 1. The minimum atomic E-state index is 0.175. The maximum absolute atomic E-state index is 6.02. The number of rotatable bonds is 8. The van der Waals surface area contributed by atoms with E-state index in [2.05, 4.69) is 10.6 Å². The molecule has 0 radical (unpaired) electrons. The number of hydrogen-bond donors (Lipinski definition) is 2. The second-order valence-electron chi connectivity index (χ2n) is 4.55. The Kier molecular flexibility index (Phi) is 7.09. The van der Waals surface area contributed by atoms with Crippen molar-refractivity contribution in [2.45, 2.75) is 32.9 Å². The third-order valence-electron chi connectivity index (χ3n) is 2.48. The zero-order valence-electron chi connectivity index (χ0n) is 11.4. The average molecular weight is 271 g/mol. The number of hydrogen-bond acceptors (Lipinski definition) is 3. The second kappa shape index (κ2) is 8.35. The molecule has 0 aliphatic carbocycles. The number of halogens is 1. The Hall–Kier alpha value is -0.770. The van der Waals surface area contributed by atoms with Gasteiger partial charge in [0, 0.05) is 17.1 Å². The molecule has 0 unspecified atom stereocenters. The molecule has 0 bridgehead atoms. The Bertz CT molecular complexity index is 356. The Morgan fingerprint density at radius 1 is 1.28 bits per heavy atom. The van der Waals surface area contributed by atoms with Crippen molar-refractivity contribution in [2.24, 2.45) is 0 Å². The number of benzene rings is 1. The first-order chi connectivity index (χ1) is 8.63. The van der Waals surface area contributed by atoms with Crippen LogP contribution in [0.15, 0.2) is 18.2 Å². The van der Waals surface area contributed by atoms with Crippen LogP contribution in [-0.2, 0) is 6.54 Å². The lowest BCUT2D eigenvalue weighted by Crippen LogP contribution is -2.20. The Morgan fingerprint density at radius 3 is 2.72 bits per heavy atom. The van der Waals surface area contributed by atoms with Crippen LogP contribution < -0.4 is 15.4 Å². The molecule has 0 aromatic heterocycles. The smallest absolute Gasteiger partial charge is 0.124 e. The van der Waals surface area contributed by atoms with Crippen molar-refractivity contribution < 1.29 is 4.74 Å². The average Bonchev–Trinajstić information content (AvgIpc) is 2.31. The van der Waals surface area contributed by atoms with E-state index in [0.29, 0.717) is 0 Å². The summed E-state index contributed by atoms with van der Waals surface area (Å²) in [6.45, 7) is 6.84. The van der Waals surface area contributed by atoms with Crippen LogP contribution >= 0.6 is 11.6 Å². The van der Waals surface area contributed by atoms with Gasteiger partial charge in [-0.1, -0.05) is 11.6 Å². The van der Waals surface area contributed by atoms with Crippen LogP contribution in [-0.4, -0.2) is 26.2 Å². The molecule has 3 nitrogen and oxygen atoms in total. The normalized spacial score (nSPS) is 10.9. The van der Waals surface area contributed by atoms with E-state index >= 15 is 0 Å². The molecule has 0 fully saturated rings. The fourth-order valence-electron chi connectivity index (χ4n) is 1.67. The summed E-state index contributed by atoms with van der Waals surface area (Å²) in [5, 5.41) is 7.27. The molecule has 0 heterocycles. The van der Waals surface area contributed by atoms with E-state index in [4.69, 9.17) is 16.3 Å². The van der Waals surface area contributed by atoms with E-state index < -0.39 is 0 Å². The van der Waals surface area contributed by atoms with Gasteiger partial charge in [0.2, 0.25) is 0 Å². The summed E-state index contributed by atoms with van der Waals surface area (Å²) in [4.78, 5) is 0. The van der Waals surface area contributed by atoms with Gasteiger partial charge in [0.1, 0.15) is 5.75 Å². The van der Waals surface area contributed by atoms with Gasteiger partial charge in [0.05, 0.1) is 6.10 Å². The molecule has 1 aromatic rings. The largest absolute Gasteiger partial charge is 0.491 e. The molecule has 0 spiro atoms. The van der Waals surface area contributed by atoms with Crippen LogP contribution in [0.1, 0.15) is 25.8 Å². The SMILES string of the molecule is CNCCCNCc1cc(Cl)ccc1OC(C)C. The molecular weight excluding hydrogens is 248 g/mol. The first kappa shape index (κ1) is 15.3. The molecule has 0 aliphatic heterocycles. The lowest BCUT2D eigenvalue weighted by molar-refractivity contribution is 0.239. The third-order valence-corrected chi connectivity index (χ3v) is 2.72. The molecule has 0 amide bonds. The van der Waals surface area contributed by atoms with Gasteiger partial charge in [0.15, 0.2) is 0 Å². The van der Waals surface area contributed by atoms with Gasteiger partial charge in [-0.05, 0) is 58.6 Å². The van der Waals surface area contributed by atoms with E-state index in [1.54, 1.807) is 0 Å². The summed E-state index contributed by atoms with van der Waals surface area (Å²) in [7, 11) is 1.96. The fourth-order valence-corrected chi connectivity index (χ4v) is 1.86. The molecule has 2 N–H and O–H groups in total. The second-order valence-corrected chi connectivity index (χ2v) is 4.99. The van der Waals surface area contributed by atoms with Crippen molar-refractivity contribution in [3.05, 3.63) is 28.8 Å². The Morgan fingerprint density at radius 2 is 2.06 bits per heavy atom. The summed E-state index contributed by atoms with van der Waals surface area (Å²) in [5.74, 6) is 0.913. The van der Waals surface area contributed by atoms with Crippen LogP contribution in [0, 0.1) is 0 Å². The van der Waals surface area contributed by atoms with Gasteiger partial charge in [-0.25, -0.2) is 0 Å². The molecular formula is C14H23ClN2O. The predicted molar refractivity (Wildman–Crippen MR) is 77.5 cm³/mol. The molecule has 4 heteroatoms.